The molecule has 0 radical (unpaired) electrons. The van der Waals surface area contributed by atoms with Gasteiger partial charge in [0.25, 0.3) is 0 Å². The van der Waals surface area contributed by atoms with Crippen molar-refractivity contribution in [3.8, 4) is 0 Å². The van der Waals surface area contributed by atoms with Crippen LogP contribution in [0.4, 0.5) is 0 Å². The summed E-state index contributed by atoms with van der Waals surface area (Å²) in [5.41, 5.74) is 0. The van der Waals surface area contributed by atoms with Gasteiger partial charge in [-0.2, -0.15) is 0 Å². The van der Waals surface area contributed by atoms with E-state index in [-0.39, 0.29) is 2.14 Å². The van der Waals surface area contributed by atoms with E-state index >= 15 is 0 Å². The number of hydrogen-bond donors (Lipinski definition) is 0. The Morgan fingerprint density at radius 1 is 1.43 bits per heavy atom. The fourth-order valence-corrected chi connectivity index (χ4v) is 1.75. The van der Waals surface area contributed by atoms with Crippen molar-refractivity contribution in [2.45, 2.75) is 2.14 Å². The number of rotatable bonds is 1. The van der Waals surface area contributed by atoms with Gasteiger partial charge in [-0.3, -0.25) is 0 Å². The van der Waals surface area contributed by atoms with Gasteiger partial charge in [-0.15, -0.1) is 0 Å². The molecule has 0 spiro atoms. The third-order valence-electron chi connectivity index (χ3n) is 0.236. The summed E-state index contributed by atoms with van der Waals surface area (Å²) in [6.45, 7) is 0.590. The average Bonchev–Trinajstić information content (AvgIpc) is 1.30. The molecule has 41 valence electrons. The molecule has 0 bridgehead atoms. The topological polar surface area (TPSA) is 9.23 Å². The molecule has 0 unspecified atom stereocenters. The molecular formula is C2H2Br3OTi. The SMILES string of the molecule is [Ti][O]CC(Br)(Br)Br. The molecule has 0 fully saturated rings. The van der Waals surface area contributed by atoms with Gasteiger partial charge in [0.05, 0.1) is 0 Å². The molecular weight excluding hydrogens is 328 g/mol. The Labute approximate surface area is 79.8 Å². The van der Waals surface area contributed by atoms with E-state index in [1.54, 1.807) is 20.8 Å². The fraction of sp³-hybridized carbons (Fsp3) is 1.00. The molecule has 5 heteroatoms. The Morgan fingerprint density at radius 3 is 1.86 bits per heavy atom. The Balaban J connectivity index is 3.15. The molecule has 0 amide bonds. The van der Waals surface area contributed by atoms with Crippen molar-refractivity contribution in [2.24, 2.45) is 0 Å². The van der Waals surface area contributed by atoms with Gasteiger partial charge >= 0.3 is 80.7 Å². The minimum absolute atomic E-state index is 0.234. The van der Waals surface area contributed by atoms with E-state index < -0.39 is 0 Å². The summed E-state index contributed by atoms with van der Waals surface area (Å²) in [7, 11) is 0. The molecule has 0 aromatic heterocycles. The van der Waals surface area contributed by atoms with Crippen LogP contribution < -0.4 is 0 Å². The maximum atomic E-state index is 4.77. The van der Waals surface area contributed by atoms with Crippen LogP contribution in [0.2, 0.25) is 0 Å². The summed E-state index contributed by atoms with van der Waals surface area (Å²) in [4.78, 5) is 0. The van der Waals surface area contributed by atoms with Crippen LogP contribution in [-0.4, -0.2) is 8.75 Å². The molecule has 0 N–H and O–H groups in total. The van der Waals surface area contributed by atoms with E-state index in [9.17, 15) is 0 Å². The quantitative estimate of drug-likeness (QED) is 0.530. The average molecular weight is 330 g/mol. The van der Waals surface area contributed by atoms with Gasteiger partial charge in [0.15, 0.2) is 0 Å². The zero-order valence-corrected chi connectivity index (χ0v) is 9.57. The summed E-state index contributed by atoms with van der Waals surface area (Å²) < 4.78 is 4.53. The van der Waals surface area contributed by atoms with Gasteiger partial charge in [-0.1, -0.05) is 0 Å². The molecule has 0 aromatic rings. The van der Waals surface area contributed by atoms with Crippen molar-refractivity contribution in [2.75, 3.05) is 6.61 Å². The summed E-state index contributed by atoms with van der Waals surface area (Å²) >= 11 is 11.4. The van der Waals surface area contributed by atoms with Gasteiger partial charge in [0.2, 0.25) is 0 Å². The summed E-state index contributed by atoms with van der Waals surface area (Å²) in [5.74, 6) is 0. The second-order valence-corrected chi connectivity index (χ2v) is 8.61. The van der Waals surface area contributed by atoms with Crippen LogP contribution in [-0.2, 0) is 24.1 Å². The molecule has 7 heavy (non-hydrogen) atoms. The Kier molecular flexibility index (Phi) is 5.23. The maximum absolute atomic E-state index is 4.77. The van der Waals surface area contributed by atoms with Crippen LogP contribution in [0.5, 0.6) is 0 Å². The molecule has 0 aliphatic rings. The standard InChI is InChI=1S/C2H2Br3O.Ti/c3-2(4,5)1-6;/h1H2;/q-1;+1. The van der Waals surface area contributed by atoms with Crippen molar-refractivity contribution in [1.29, 1.82) is 0 Å². The van der Waals surface area contributed by atoms with Crippen LogP contribution in [0.25, 0.3) is 0 Å². The van der Waals surface area contributed by atoms with Crippen LogP contribution in [0.3, 0.4) is 0 Å². The van der Waals surface area contributed by atoms with Crippen LogP contribution >= 0.6 is 47.8 Å². The number of alkyl halides is 3. The summed E-state index contributed by atoms with van der Waals surface area (Å²) in [6.07, 6.45) is 0. The molecule has 0 saturated carbocycles. The van der Waals surface area contributed by atoms with Gasteiger partial charge < -0.3 is 0 Å². The first-order chi connectivity index (χ1) is 3.06. The van der Waals surface area contributed by atoms with E-state index in [1.165, 1.54) is 0 Å². The van der Waals surface area contributed by atoms with E-state index in [4.69, 9.17) is 3.32 Å². The molecule has 1 nitrogen and oxygen atoms in total. The first kappa shape index (κ1) is 9.11. The van der Waals surface area contributed by atoms with E-state index in [0.29, 0.717) is 6.61 Å². The first-order valence-corrected chi connectivity index (χ1v) is 4.43. The van der Waals surface area contributed by atoms with Gasteiger partial charge in [0.1, 0.15) is 0 Å². The fourth-order valence-electron chi connectivity index (χ4n) is 0.0818. The van der Waals surface area contributed by atoms with Gasteiger partial charge in [-0.25, -0.2) is 0 Å². The zero-order valence-electron chi connectivity index (χ0n) is 3.25. The molecule has 0 rings (SSSR count). The third-order valence-corrected chi connectivity index (χ3v) is 1.15. The van der Waals surface area contributed by atoms with Crippen LogP contribution in [0.1, 0.15) is 0 Å². The van der Waals surface area contributed by atoms with Crippen molar-refractivity contribution >= 4 is 47.8 Å². The zero-order chi connectivity index (χ0) is 5.91. The number of halogens is 3. The van der Waals surface area contributed by atoms with Gasteiger partial charge in [0, 0.05) is 0 Å². The van der Waals surface area contributed by atoms with E-state index in [2.05, 4.69) is 47.8 Å². The second kappa shape index (κ2) is 4.01. The first-order valence-electron chi connectivity index (χ1n) is 1.41. The van der Waals surface area contributed by atoms with Crippen LogP contribution in [0.15, 0.2) is 0 Å². The van der Waals surface area contributed by atoms with E-state index in [1.807, 2.05) is 0 Å². The van der Waals surface area contributed by atoms with Gasteiger partial charge in [-0.05, 0) is 0 Å². The van der Waals surface area contributed by atoms with Crippen molar-refractivity contribution < 1.29 is 24.1 Å². The van der Waals surface area contributed by atoms with Crippen LogP contribution in [0, 0.1) is 0 Å². The Morgan fingerprint density at radius 2 is 1.86 bits per heavy atom. The Hall–Kier alpha value is 2.11. The molecule has 0 atom stereocenters. The predicted molar refractivity (Wildman–Crippen MR) is 35.5 cm³/mol. The van der Waals surface area contributed by atoms with E-state index in [0.717, 1.165) is 0 Å². The third kappa shape index (κ3) is 8.11. The molecule has 0 aliphatic heterocycles. The minimum atomic E-state index is -0.234. The summed E-state index contributed by atoms with van der Waals surface area (Å²) in [6, 6.07) is 0. The summed E-state index contributed by atoms with van der Waals surface area (Å²) in [5, 5.41) is 0. The molecule has 0 aliphatic carbocycles. The predicted octanol–water partition coefficient (Wildman–Crippen LogP) is 2.30. The number of hydrogen-bond acceptors (Lipinski definition) is 1. The monoisotopic (exact) mass is 327 g/mol. The van der Waals surface area contributed by atoms with Crippen molar-refractivity contribution in [1.82, 2.24) is 0 Å². The molecule has 0 heterocycles. The molecule has 0 saturated heterocycles. The van der Waals surface area contributed by atoms with Crippen molar-refractivity contribution in [3.05, 3.63) is 0 Å². The normalized spacial score (nSPS) is 11.7. The second-order valence-electron chi connectivity index (χ2n) is 0.904. The Bertz CT molecular complexity index is 51.4. The van der Waals surface area contributed by atoms with Crippen molar-refractivity contribution in [3.63, 3.8) is 0 Å². The molecule has 0 aromatic carbocycles.